The molecule has 2 aromatic carbocycles. The lowest BCUT2D eigenvalue weighted by atomic mass is 10.2. The van der Waals surface area contributed by atoms with Crippen LogP contribution in [0.2, 0.25) is 5.02 Å². The third-order valence-corrected chi connectivity index (χ3v) is 2.88. The van der Waals surface area contributed by atoms with Crippen molar-refractivity contribution in [1.29, 1.82) is 0 Å². The first-order valence-corrected chi connectivity index (χ1v) is 6.00. The van der Waals surface area contributed by atoms with Gasteiger partial charge in [0.25, 0.3) is 0 Å². The second-order valence-corrected chi connectivity index (χ2v) is 4.43. The topological polar surface area (TPSA) is 67.8 Å². The Morgan fingerprint density at radius 1 is 1.21 bits per heavy atom. The molecular formula is C14H13ClN2O2. The third-order valence-electron chi connectivity index (χ3n) is 2.64. The third kappa shape index (κ3) is 2.98. The fourth-order valence-electron chi connectivity index (χ4n) is 1.62. The van der Waals surface area contributed by atoms with Crippen LogP contribution in [0.1, 0.15) is 11.1 Å². The molecule has 98 valence electrons. The average molecular weight is 277 g/mol. The molecule has 0 atom stereocenters. The lowest BCUT2D eigenvalue weighted by molar-refractivity contribution is 0.318. The normalized spacial score (nSPS) is 11.4. The minimum atomic E-state index is -0.00437. The molecule has 2 rings (SSSR count). The molecule has 0 bridgehead atoms. The zero-order valence-corrected chi connectivity index (χ0v) is 11.1. The molecule has 0 aliphatic heterocycles. The van der Waals surface area contributed by atoms with Gasteiger partial charge in [-0.3, -0.25) is 0 Å². The lowest BCUT2D eigenvalue weighted by Gasteiger charge is -2.12. The lowest BCUT2D eigenvalue weighted by Crippen LogP contribution is -2.14. The highest BCUT2D eigenvalue weighted by Crippen LogP contribution is 2.29. The van der Waals surface area contributed by atoms with E-state index >= 15 is 0 Å². The van der Waals surface area contributed by atoms with Gasteiger partial charge in [0.05, 0.1) is 5.56 Å². The minimum absolute atomic E-state index is 0.00437. The fraction of sp³-hybridized carbons (Fsp3) is 0.0714. The molecule has 3 N–H and O–H groups in total. The Morgan fingerprint density at radius 2 is 1.95 bits per heavy atom. The Hall–Kier alpha value is -2.20. The first kappa shape index (κ1) is 13.2. The van der Waals surface area contributed by atoms with Crippen LogP contribution in [0.5, 0.6) is 11.5 Å². The van der Waals surface area contributed by atoms with E-state index in [2.05, 4.69) is 5.16 Å². The summed E-state index contributed by atoms with van der Waals surface area (Å²) in [6.45, 7) is 1.91. The van der Waals surface area contributed by atoms with E-state index in [0.29, 0.717) is 22.1 Å². The standard InChI is InChI=1S/C14H13ClN2O2/c1-9-6-7-10(15)8-13(9)19-12-5-3-2-4-11(12)14(16)17-18/h2-8,18H,1H3,(H2,16,17). The first-order chi connectivity index (χ1) is 9.11. The van der Waals surface area contributed by atoms with Crippen LogP contribution in [-0.2, 0) is 0 Å². The minimum Gasteiger partial charge on any atom is -0.456 e. The number of amidine groups is 1. The maximum absolute atomic E-state index is 8.76. The molecule has 0 aliphatic rings. The highest BCUT2D eigenvalue weighted by Gasteiger charge is 2.10. The zero-order valence-electron chi connectivity index (χ0n) is 10.3. The SMILES string of the molecule is Cc1ccc(Cl)cc1Oc1ccccc1C(N)=NO. The molecule has 0 amide bonds. The van der Waals surface area contributed by atoms with Crippen molar-refractivity contribution >= 4 is 17.4 Å². The summed E-state index contributed by atoms with van der Waals surface area (Å²) in [5.41, 5.74) is 7.07. The van der Waals surface area contributed by atoms with Gasteiger partial charge in [-0.25, -0.2) is 0 Å². The summed E-state index contributed by atoms with van der Waals surface area (Å²) in [6.07, 6.45) is 0. The number of aryl methyl sites for hydroxylation is 1. The van der Waals surface area contributed by atoms with Crippen molar-refractivity contribution in [3.8, 4) is 11.5 Å². The first-order valence-electron chi connectivity index (χ1n) is 5.62. The molecule has 0 saturated carbocycles. The van der Waals surface area contributed by atoms with Crippen molar-refractivity contribution in [2.24, 2.45) is 10.9 Å². The quantitative estimate of drug-likeness (QED) is 0.390. The van der Waals surface area contributed by atoms with Gasteiger partial charge < -0.3 is 15.7 Å². The molecule has 0 aliphatic carbocycles. The maximum atomic E-state index is 8.76. The smallest absolute Gasteiger partial charge is 0.173 e. The van der Waals surface area contributed by atoms with E-state index in [0.717, 1.165) is 5.56 Å². The van der Waals surface area contributed by atoms with Crippen molar-refractivity contribution in [2.45, 2.75) is 6.92 Å². The second-order valence-electron chi connectivity index (χ2n) is 3.99. The van der Waals surface area contributed by atoms with Crippen LogP contribution < -0.4 is 10.5 Å². The molecule has 4 nitrogen and oxygen atoms in total. The van der Waals surface area contributed by atoms with E-state index in [-0.39, 0.29) is 5.84 Å². The molecule has 19 heavy (non-hydrogen) atoms. The van der Waals surface area contributed by atoms with Gasteiger partial charge in [0.1, 0.15) is 11.5 Å². The van der Waals surface area contributed by atoms with E-state index in [9.17, 15) is 0 Å². The van der Waals surface area contributed by atoms with Gasteiger partial charge in [0.2, 0.25) is 0 Å². The number of rotatable bonds is 3. The van der Waals surface area contributed by atoms with Crippen LogP contribution in [0.4, 0.5) is 0 Å². The number of ether oxygens (including phenoxy) is 1. The van der Waals surface area contributed by atoms with Crippen LogP contribution in [0.3, 0.4) is 0 Å². The average Bonchev–Trinajstić information content (AvgIpc) is 2.42. The Bertz CT molecular complexity index is 627. The predicted molar refractivity (Wildman–Crippen MR) is 75.2 cm³/mol. The van der Waals surface area contributed by atoms with E-state index in [1.807, 2.05) is 19.1 Å². The van der Waals surface area contributed by atoms with Crippen molar-refractivity contribution in [2.75, 3.05) is 0 Å². The highest BCUT2D eigenvalue weighted by atomic mass is 35.5. The van der Waals surface area contributed by atoms with E-state index in [4.69, 9.17) is 27.3 Å². The molecule has 0 heterocycles. The number of benzene rings is 2. The van der Waals surface area contributed by atoms with Gasteiger partial charge in [0.15, 0.2) is 5.84 Å². The Kier molecular flexibility index (Phi) is 3.92. The van der Waals surface area contributed by atoms with Crippen molar-refractivity contribution < 1.29 is 9.94 Å². The summed E-state index contributed by atoms with van der Waals surface area (Å²) in [5.74, 6) is 1.13. The van der Waals surface area contributed by atoms with Crippen molar-refractivity contribution in [3.05, 3.63) is 58.6 Å². The molecule has 0 fully saturated rings. The van der Waals surface area contributed by atoms with Gasteiger partial charge in [-0.1, -0.05) is 35.0 Å². The molecular weight excluding hydrogens is 264 g/mol. The van der Waals surface area contributed by atoms with E-state index in [1.165, 1.54) is 0 Å². The maximum Gasteiger partial charge on any atom is 0.173 e. The summed E-state index contributed by atoms with van der Waals surface area (Å²) in [7, 11) is 0. The van der Waals surface area contributed by atoms with E-state index in [1.54, 1.807) is 30.3 Å². The largest absolute Gasteiger partial charge is 0.456 e. The van der Waals surface area contributed by atoms with Crippen LogP contribution in [0.25, 0.3) is 0 Å². The zero-order chi connectivity index (χ0) is 13.8. The number of para-hydroxylation sites is 1. The number of hydrogen-bond donors (Lipinski definition) is 2. The Balaban J connectivity index is 2.41. The summed E-state index contributed by atoms with van der Waals surface area (Å²) in [5, 5.41) is 12.3. The second kappa shape index (κ2) is 5.63. The summed E-state index contributed by atoms with van der Waals surface area (Å²) in [6, 6.07) is 12.4. The molecule has 5 heteroatoms. The van der Waals surface area contributed by atoms with E-state index < -0.39 is 0 Å². The predicted octanol–water partition coefficient (Wildman–Crippen LogP) is 3.54. The summed E-state index contributed by atoms with van der Waals surface area (Å²) < 4.78 is 5.79. The molecule has 0 saturated heterocycles. The number of oxime groups is 1. The summed E-state index contributed by atoms with van der Waals surface area (Å²) in [4.78, 5) is 0. The fourth-order valence-corrected chi connectivity index (χ4v) is 1.79. The monoisotopic (exact) mass is 276 g/mol. The van der Waals surface area contributed by atoms with Crippen LogP contribution in [0, 0.1) is 6.92 Å². The van der Waals surface area contributed by atoms with Crippen LogP contribution in [0.15, 0.2) is 47.6 Å². The van der Waals surface area contributed by atoms with Crippen molar-refractivity contribution in [1.82, 2.24) is 0 Å². The number of nitrogens with zero attached hydrogens (tertiary/aromatic N) is 1. The molecule has 0 aromatic heterocycles. The molecule has 0 spiro atoms. The summed E-state index contributed by atoms with van der Waals surface area (Å²) >= 11 is 5.94. The Morgan fingerprint density at radius 3 is 2.68 bits per heavy atom. The van der Waals surface area contributed by atoms with Gasteiger partial charge in [0, 0.05) is 5.02 Å². The molecule has 0 radical (unpaired) electrons. The van der Waals surface area contributed by atoms with Crippen LogP contribution in [-0.4, -0.2) is 11.0 Å². The number of halogens is 1. The highest BCUT2D eigenvalue weighted by molar-refractivity contribution is 6.30. The van der Waals surface area contributed by atoms with Crippen molar-refractivity contribution in [3.63, 3.8) is 0 Å². The molecule has 2 aromatic rings. The van der Waals surface area contributed by atoms with Crippen LogP contribution >= 0.6 is 11.6 Å². The van der Waals surface area contributed by atoms with Gasteiger partial charge in [-0.05, 0) is 36.8 Å². The Labute approximate surface area is 116 Å². The van der Waals surface area contributed by atoms with Gasteiger partial charge in [-0.2, -0.15) is 0 Å². The van der Waals surface area contributed by atoms with Gasteiger partial charge in [-0.15, -0.1) is 0 Å². The number of hydrogen-bond acceptors (Lipinski definition) is 3. The molecule has 0 unspecified atom stereocenters. The number of nitrogens with two attached hydrogens (primary N) is 1. The van der Waals surface area contributed by atoms with Gasteiger partial charge >= 0.3 is 0 Å².